The van der Waals surface area contributed by atoms with Crippen molar-refractivity contribution < 1.29 is 14.4 Å². The van der Waals surface area contributed by atoms with Crippen LogP contribution in [0.5, 0.6) is 0 Å². The smallest absolute Gasteiger partial charge is 0.255 e. The summed E-state index contributed by atoms with van der Waals surface area (Å²) in [5, 5.41) is 2.95. The third-order valence-corrected chi connectivity index (χ3v) is 5.94. The average molecular weight is 391 g/mol. The van der Waals surface area contributed by atoms with E-state index >= 15 is 0 Å². The van der Waals surface area contributed by atoms with E-state index in [4.69, 9.17) is 0 Å². The van der Waals surface area contributed by atoms with Gasteiger partial charge in [0.15, 0.2) is 0 Å². The van der Waals surface area contributed by atoms with Gasteiger partial charge in [0.1, 0.15) is 12.6 Å². The number of benzene rings is 2. The highest BCUT2D eigenvalue weighted by Gasteiger charge is 2.41. The Morgan fingerprint density at radius 1 is 1.10 bits per heavy atom. The molecule has 2 aliphatic rings. The van der Waals surface area contributed by atoms with Crippen LogP contribution in [0.25, 0.3) is 0 Å². The minimum Gasteiger partial charge on any atom is -0.329 e. The first kappa shape index (κ1) is 19.2. The number of fused-ring (bicyclic) bond motifs is 1. The SMILES string of the molecule is Cc1cccc(NC(=O)c2ccc(CN3CC(=O)N4CCC[C@@H]4C3=O)cc2)c1C. The van der Waals surface area contributed by atoms with Gasteiger partial charge in [-0.25, -0.2) is 0 Å². The lowest BCUT2D eigenvalue weighted by Gasteiger charge is -2.36. The number of carbonyl (C=O) groups is 3. The summed E-state index contributed by atoms with van der Waals surface area (Å²) in [5.74, 6) is -0.119. The second kappa shape index (κ2) is 7.70. The summed E-state index contributed by atoms with van der Waals surface area (Å²) in [4.78, 5) is 40.8. The Morgan fingerprint density at radius 2 is 1.86 bits per heavy atom. The minimum atomic E-state index is -0.293. The van der Waals surface area contributed by atoms with Crippen molar-refractivity contribution in [3.63, 3.8) is 0 Å². The van der Waals surface area contributed by atoms with Gasteiger partial charge in [-0.1, -0.05) is 24.3 Å². The fourth-order valence-corrected chi connectivity index (χ4v) is 4.06. The summed E-state index contributed by atoms with van der Waals surface area (Å²) in [6.07, 6.45) is 1.64. The molecule has 4 rings (SSSR count). The van der Waals surface area contributed by atoms with Crippen molar-refractivity contribution in [2.75, 3.05) is 18.4 Å². The third-order valence-electron chi connectivity index (χ3n) is 5.94. The first-order valence-corrected chi connectivity index (χ1v) is 9.99. The van der Waals surface area contributed by atoms with E-state index < -0.39 is 0 Å². The Morgan fingerprint density at radius 3 is 2.62 bits per heavy atom. The van der Waals surface area contributed by atoms with E-state index in [1.165, 1.54) is 0 Å². The van der Waals surface area contributed by atoms with Crippen LogP contribution in [0.15, 0.2) is 42.5 Å². The van der Waals surface area contributed by atoms with E-state index in [2.05, 4.69) is 5.32 Å². The number of nitrogens with one attached hydrogen (secondary N) is 1. The molecule has 0 bridgehead atoms. The highest BCUT2D eigenvalue weighted by Crippen LogP contribution is 2.25. The lowest BCUT2D eigenvalue weighted by Crippen LogP contribution is -2.56. The van der Waals surface area contributed by atoms with Crippen molar-refractivity contribution in [3.8, 4) is 0 Å². The van der Waals surface area contributed by atoms with Gasteiger partial charge in [-0.05, 0) is 61.6 Å². The van der Waals surface area contributed by atoms with Gasteiger partial charge in [-0.15, -0.1) is 0 Å². The second-order valence-corrected chi connectivity index (χ2v) is 7.84. The number of rotatable bonds is 4. The molecule has 29 heavy (non-hydrogen) atoms. The molecule has 0 saturated carbocycles. The molecule has 2 aromatic carbocycles. The molecular formula is C23H25N3O3. The van der Waals surface area contributed by atoms with Gasteiger partial charge in [0, 0.05) is 24.3 Å². The molecule has 0 radical (unpaired) electrons. The third kappa shape index (κ3) is 3.75. The summed E-state index contributed by atoms with van der Waals surface area (Å²) < 4.78 is 0. The number of aryl methyl sites for hydroxylation is 1. The highest BCUT2D eigenvalue weighted by atomic mass is 16.2. The standard InChI is InChI=1S/C23H25N3O3/c1-15-5-3-6-19(16(15)2)24-22(28)18-10-8-17(9-11-18)13-25-14-21(27)26-12-4-7-20(26)23(25)29/h3,5-6,8-11,20H,4,7,12-14H2,1-2H3,(H,24,28)/t20-/m1/s1. The van der Waals surface area contributed by atoms with E-state index in [0.717, 1.165) is 35.2 Å². The maximum Gasteiger partial charge on any atom is 0.255 e. The molecule has 2 aliphatic heterocycles. The zero-order valence-corrected chi connectivity index (χ0v) is 16.8. The van der Waals surface area contributed by atoms with Gasteiger partial charge in [0.2, 0.25) is 11.8 Å². The topological polar surface area (TPSA) is 69.7 Å². The fraction of sp³-hybridized carbons (Fsp3) is 0.348. The van der Waals surface area contributed by atoms with Crippen molar-refractivity contribution in [3.05, 3.63) is 64.7 Å². The summed E-state index contributed by atoms with van der Waals surface area (Å²) in [6.45, 7) is 5.19. The fourth-order valence-electron chi connectivity index (χ4n) is 4.06. The number of carbonyl (C=O) groups excluding carboxylic acids is 3. The molecular weight excluding hydrogens is 366 g/mol. The van der Waals surface area contributed by atoms with Crippen molar-refractivity contribution >= 4 is 23.4 Å². The first-order valence-electron chi connectivity index (χ1n) is 9.99. The number of amides is 3. The summed E-state index contributed by atoms with van der Waals surface area (Å²) >= 11 is 0. The van der Waals surface area contributed by atoms with Gasteiger partial charge in [-0.2, -0.15) is 0 Å². The van der Waals surface area contributed by atoms with Crippen molar-refractivity contribution in [1.82, 2.24) is 9.80 Å². The first-order chi connectivity index (χ1) is 13.9. The normalized spacial score (nSPS) is 18.8. The van der Waals surface area contributed by atoms with E-state index in [9.17, 15) is 14.4 Å². The molecule has 150 valence electrons. The predicted octanol–water partition coefficient (Wildman–Crippen LogP) is 2.89. The van der Waals surface area contributed by atoms with E-state index in [-0.39, 0.29) is 30.3 Å². The molecule has 2 aromatic rings. The Balaban J connectivity index is 1.42. The molecule has 2 saturated heterocycles. The molecule has 0 spiro atoms. The number of nitrogens with zero attached hydrogens (tertiary/aromatic N) is 2. The molecule has 2 heterocycles. The Labute approximate surface area is 170 Å². The lowest BCUT2D eigenvalue weighted by atomic mass is 10.1. The summed E-state index contributed by atoms with van der Waals surface area (Å²) in [7, 11) is 0. The number of anilines is 1. The monoisotopic (exact) mass is 391 g/mol. The highest BCUT2D eigenvalue weighted by molar-refractivity contribution is 6.04. The minimum absolute atomic E-state index is 0.0247. The van der Waals surface area contributed by atoms with Crippen LogP contribution < -0.4 is 5.32 Å². The van der Waals surface area contributed by atoms with Gasteiger partial charge < -0.3 is 15.1 Å². The molecule has 6 nitrogen and oxygen atoms in total. The quantitative estimate of drug-likeness (QED) is 0.871. The van der Waals surface area contributed by atoms with Crippen LogP contribution in [-0.2, 0) is 16.1 Å². The Bertz CT molecular complexity index is 968. The molecule has 0 aliphatic carbocycles. The zero-order chi connectivity index (χ0) is 20.5. The van der Waals surface area contributed by atoms with E-state index in [0.29, 0.717) is 18.7 Å². The lowest BCUT2D eigenvalue weighted by molar-refractivity contribution is -0.154. The van der Waals surface area contributed by atoms with Crippen molar-refractivity contribution in [1.29, 1.82) is 0 Å². The van der Waals surface area contributed by atoms with E-state index in [1.54, 1.807) is 21.9 Å². The van der Waals surface area contributed by atoms with Gasteiger partial charge in [-0.3, -0.25) is 14.4 Å². The van der Waals surface area contributed by atoms with Gasteiger partial charge >= 0.3 is 0 Å². The molecule has 1 N–H and O–H groups in total. The Kier molecular flexibility index (Phi) is 5.09. The predicted molar refractivity (Wildman–Crippen MR) is 110 cm³/mol. The Hall–Kier alpha value is -3.15. The summed E-state index contributed by atoms with van der Waals surface area (Å²) in [5.41, 5.74) is 4.43. The van der Waals surface area contributed by atoms with Crippen molar-refractivity contribution in [2.45, 2.75) is 39.3 Å². The molecule has 2 fully saturated rings. The van der Waals surface area contributed by atoms with Crippen LogP contribution in [-0.4, -0.2) is 46.7 Å². The van der Waals surface area contributed by atoms with Crippen LogP contribution in [0.4, 0.5) is 5.69 Å². The number of hydrogen-bond donors (Lipinski definition) is 1. The van der Waals surface area contributed by atoms with Crippen LogP contribution in [0.1, 0.15) is 39.9 Å². The number of piperazine rings is 1. The maximum absolute atomic E-state index is 12.7. The van der Waals surface area contributed by atoms with E-state index in [1.807, 2.05) is 44.2 Å². The van der Waals surface area contributed by atoms with Crippen LogP contribution >= 0.6 is 0 Å². The maximum atomic E-state index is 12.7. The molecule has 0 aromatic heterocycles. The zero-order valence-electron chi connectivity index (χ0n) is 16.8. The van der Waals surface area contributed by atoms with Gasteiger partial charge in [0.05, 0.1) is 0 Å². The molecule has 1 atom stereocenters. The largest absolute Gasteiger partial charge is 0.329 e. The molecule has 0 unspecified atom stereocenters. The van der Waals surface area contributed by atoms with Crippen LogP contribution in [0, 0.1) is 13.8 Å². The van der Waals surface area contributed by atoms with Crippen molar-refractivity contribution in [2.24, 2.45) is 0 Å². The average Bonchev–Trinajstić information content (AvgIpc) is 3.21. The van der Waals surface area contributed by atoms with Gasteiger partial charge in [0.25, 0.3) is 5.91 Å². The molecule has 6 heteroatoms. The number of hydrogen-bond acceptors (Lipinski definition) is 3. The molecule has 3 amide bonds. The van der Waals surface area contributed by atoms with Crippen LogP contribution in [0.2, 0.25) is 0 Å². The summed E-state index contributed by atoms with van der Waals surface area (Å²) in [6, 6.07) is 12.7. The second-order valence-electron chi connectivity index (χ2n) is 7.84. The van der Waals surface area contributed by atoms with Crippen LogP contribution in [0.3, 0.4) is 0 Å².